The minimum absolute atomic E-state index is 0.0629. The van der Waals surface area contributed by atoms with Gasteiger partial charge in [0.1, 0.15) is 6.54 Å². The lowest BCUT2D eigenvalue weighted by molar-refractivity contribution is -0.127. The van der Waals surface area contributed by atoms with Gasteiger partial charge >= 0.3 is 0 Å². The molecule has 2 heterocycles. The van der Waals surface area contributed by atoms with Gasteiger partial charge in [-0.05, 0) is 51.1 Å². The number of amides is 1. The lowest BCUT2D eigenvalue weighted by atomic mass is 10.1. The van der Waals surface area contributed by atoms with Gasteiger partial charge in [-0.1, -0.05) is 0 Å². The Morgan fingerprint density at radius 3 is 2.57 bits per heavy atom. The van der Waals surface area contributed by atoms with Crippen LogP contribution in [0.5, 0.6) is 0 Å². The molecule has 0 aromatic carbocycles. The fourth-order valence-corrected chi connectivity index (χ4v) is 3.44. The maximum absolute atomic E-state index is 11.8. The van der Waals surface area contributed by atoms with Crippen LogP contribution in [0.15, 0.2) is 4.99 Å². The summed E-state index contributed by atoms with van der Waals surface area (Å²) in [6, 6.07) is 0.570. The molecule has 1 atom stereocenters. The Labute approximate surface area is 139 Å². The number of likely N-dealkylation sites (N-methyl/N-ethyl adjacent to an activating group) is 1. The summed E-state index contributed by atoms with van der Waals surface area (Å²) in [7, 11) is 3.57. The largest absolute Gasteiger partial charge is 0.353 e. The Hall–Kier alpha value is -1.30. The highest BCUT2D eigenvalue weighted by Gasteiger charge is 2.30. The number of guanidine groups is 1. The number of aliphatic imine (C=N–C) groups is 1. The van der Waals surface area contributed by atoms with Gasteiger partial charge in [0.05, 0.1) is 0 Å². The van der Waals surface area contributed by atoms with Crippen LogP contribution in [-0.4, -0.2) is 86.0 Å². The molecule has 3 fully saturated rings. The number of rotatable bonds is 5. The first-order chi connectivity index (χ1) is 11.1. The van der Waals surface area contributed by atoms with Crippen molar-refractivity contribution in [3.63, 3.8) is 0 Å². The molecule has 2 saturated heterocycles. The molecule has 1 saturated carbocycles. The van der Waals surface area contributed by atoms with Crippen LogP contribution in [0, 0.1) is 5.92 Å². The van der Waals surface area contributed by atoms with Crippen LogP contribution in [0.2, 0.25) is 0 Å². The van der Waals surface area contributed by atoms with Gasteiger partial charge in [0, 0.05) is 39.8 Å². The third kappa shape index (κ3) is 4.83. The molecule has 23 heavy (non-hydrogen) atoms. The Morgan fingerprint density at radius 1 is 1.17 bits per heavy atom. The van der Waals surface area contributed by atoms with Crippen LogP contribution in [-0.2, 0) is 4.79 Å². The van der Waals surface area contributed by atoms with Crippen molar-refractivity contribution in [1.29, 1.82) is 0 Å². The molecule has 3 rings (SSSR count). The van der Waals surface area contributed by atoms with Gasteiger partial charge in [0.2, 0.25) is 5.91 Å². The topological polar surface area (TPSA) is 51.2 Å². The van der Waals surface area contributed by atoms with Crippen LogP contribution < -0.4 is 5.32 Å². The van der Waals surface area contributed by atoms with Gasteiger partial charge in [-0.3, -0.25) is 4.79 Å². The van der Waals surface area contributed by atoms with Crippen molar-refractivity contribution in [3.05, 3.63) is 0 Å². The summed E-state index contributed by atoms with van der Waals surface area (Å²) in [4.78, 5) is 23.0. The first kappa shape index (κ1) is 16.6. The average molecular weight is 321 g/mol. The van der Waals surface area contributed by atoms with E-state index >= 15 is 0 Å². The molecule has 2 aliphatic heterocycles. The fraction of sp³-hybridized carbons (Fsp3) is 0.882. The van der Waals surface area contributed by atoms with Gasteiger partial charge in [-0.2, -0.15) is 0 Å². The van der Waals surface area contributed by atoms with E-state index in [9.17, 15) is 4.79 Å². The van der Waals surface area contributed by atoms with Gasteiger partial charge in [-0.25, -0.2) is 4.99 Å². The fourth-order valence-electron chi connectivity index (χ4n) is 3.44. The molecule has 1 unspecified atom stereocenters. The lowest BCUT2D eigenvalue weighted by Gasteiger charge is -2.24. The van der Waals surface area contributed by atoms with Crippen LogP contribution >= 0.6 is 0 Å². The maximum Gasteiger partial charge on any atom is 0.243 e. The summed E-state index contributed by atoms with van der Waals surface area (Å²) < 4.78 is 0. The summed E-state index contributed by atoms with van der Waals surface area (Å²) in [5.41, 5.74) is 0. The molecule has 6 heteroatoms. The van der Waals surface area contributed by atoms with Crippen molar-refractivity contribution in [2.24, 2.45) is 10.9 Å². The minimum atomic E-state index is 0.0629. The van der Waals surface area contributed by atoms with E-state index in [1.807, 2.05) is 0 Å². The van der Waals surface area contributed by atoms with Crippen molar-refractivity contribution in [3.8, 4) is 0 Å². The molecule has 0 bridgehead atoms. The van der Waals surface area contributed by atoms with E-state index in [-0.39, 0.29) is 12.5 Å². The van der Waals surface area contributed by atoms with Crippen LogP contribution in [0.3, 0.4) is 0 Å². The van der Waals surface area contributed by atoms with E-state index in [2.05, 4.69) is 20.1 Å². The summed E-state index contributed by atoms with van der Waals surface area (Å²) in [5.74, 6) is 1.75. The molecule has 1 amide bonds. The van der Waals surface area contributed by atoms with Crippen molar-refractivity contribution in [1.82, 2.24) is 20.0 Å². The third-order valence-electron chi connectivity index (χ3n) is 5.07. The first-order valence-electron chi connectivity index (χ1n) is 9.10. The van der Waals surface area contributed by atoms with Crippen molar-refractivity contribution < 1.29 is 4.79 Å². The maximum atomic E-state index is 11.8. The van der Waals surface area contributed by atoms with Gasteiger partial charge in [-0.15, -0.1) is 0 Å². The number of hydrogen-bond donors (Lipinski definition) is 1. The SMILES string of the molecule is CN(C)C(=O)CN=C(NC1CC1)N1CCC(CN2CCCC2)C1. The Bertz CT molecular complexity index is 440. The molecule has 0 spiro atoms. The van der Waals surface area contributed by atoms with Gasteiger partial charge < -0.3 is 20.0 Å². The third-order valence-corrected chi connectivity index (χ3v) is 5.07. The smallest absolute Gasteiger partial charge is 0.243 e. The van der Waals surface area contributed by atoms with Gasteiger partial charge in [0.25, 0.3) is 0 Å². The molecule has 0 radical (unpaired) electrons. The predicted octanol–water partition coefficient (Wildman–Crippen LogP) is 0.600. The highest BCUT2D eigenvalue weighted by Crippen LogP contribution is 2.23. The van der Waals surface area contributed by atoms with E-state index in [0.717, 1.165) is 25.0 Å². The molecule has 1 aliphatic carbocycles. The zero-order valence-electron chi connectivity index (χ0n) is 14.6. The number of carbonyl (C=O) groups is 1. The second-order valence-electron chi connectivity index (χ2n) is 7.46. The quantitative estimate of drug-likeness (QED) is 0.595. The van der Waals surface area contributed by atoms with E-state index in [1.54, 1.807) is 19.0 Å². The zero-order chi connectivity index (χ0) is 16.2. The predicted molar refractivity (Wildman–Crippen MR) is 92.5 cm³/mol. The number of nitrogens with one attached hydrogen (secondary N) is 1. The monoisotopic (exact) mass is 321 g/mol. The molecule has 0 aromatic rings. The zero-order valence-corrected chi connectivity index (χ0v) is 14.6. The molecule has 1 N–H and O–H groups in total. The Balaban J connectivity index is 1.54. The number of nitrogens with zero attached hydrogens (tertiary/aromatic N) is 4. The Morgan fingerprint density at radius 2 is 1.91 bits per heavy atom. The van der Waals surface area contributed by atoms with Crippen molar-refractivity contribution >= 4 is 11.9 Å². The summed E-state index contributed by atoms with van der Waals surface area (Å²) in [5, 5.41) is 3.53. The van der Waals surface area contributed by atoms with Crippen molar-refractivity contribution in [2.75, 3.05) is 53.4 Å². The summed E-state index contributed by atoms with van der Waals surface area (Å²) in [6.45, 7) is 6.15. The summed E-state index contributed by atoms with van der Waals surface area (Å²) in [6.07, 6.45) is 6.42. The normalized spacial score (nSPS) is 25.9. The molecule has 0 aromatic heterocycles. The minimum Gasteiger partial charge on any atom is -0.353 e. The molecule has 3 aliphatic rings. The lowest BCUT2D eigenvalue weighted by Crippen LogP contribution is -2.42. The first-order valence-corrected chi connectivity index (χ1v) is 9.10. The van der Waals surface area contributed by atoms with E-state index < -0.39 is 0 Å². The Kier molecular flexibility index (Phi) is 5.41. The second-order valence-corrected chi connectivity index (χ2v) is 7.46. The average Bonchev–Trinajstić information content (AvgIpc) is 3.00. The van der Waals surface area contributed by atoms with E-state index in [4.69, 9.17) is 0 Å². The highest BCUT2D eigenvalue weighted by molar-refractivity contribution is 5.85. The van der Waals surface area contributed by atoms with Gasteiger partial charge in [0.15, 0.2) is 5.96 Å². The van der Waals surface area contributed by atoms with Crippen molar-refractivity contribution in [2.45, 2.75) is 38.1 Å². The number of carbonyl (C=O) groups excluding carboxylic acids is 1. The van der Waals surface area contributed by atoms with E-state index in [1.165, 1.54) is 51.7 Å². The number of likely N-dealkylation sites (tertiary alicyclic amines) is 2. The molecule has 130 valence electrons. The molecule has 6 nitrogen and oxygen atoms in total. The van der Waals surface area contributed by atoms with Crippen LogP contribution in [0.1, 0.15) is 32.1 Å². The summed E-state index contributed by atoms with van der Waals surface area (Å²) >= 11 is 0. The molecular formula is C17H31N5O. The van der Waals surface area contributed by atoms with E-state index in [0.29, 0.717) is 6.04 Å². The van der Waals surface area contributed by atoms with Crippen LogP contribution in [0.4, 0.5) is 0 Å². The highest BCUT2D eigenvalue weighted by atomic mass is 16.2. The standard InChI is InChI=1S/C17H31N5O/c1-20(2)16(23)11-18-17(19-15-5-6-15)22-10-7-14(13-22)12-21-8-3-4-9-21/h14-15H,3-13H2,1-2H3,(H,18,19). The second kappa shape index (κ2) is 7.51. The number of hydrogen-bond acceptors (Lipinski definition) is 3. The van der Waals surface area contributed by atoms with Crippen LogP contribution in [0.25, 0.3) is 0 Å². The molecular weight excluding hydrogens is 290 g/mol.